The minimum atomic E-state index is 0. The molecule has 114 valence electrons. The molecule has 0 spiro atoms. The lowest BCUT2D eigenvalue weighted by Gasteiger charge is -2.16. The highest BCUT2D eigenvalue weighted by atomic mass is 127. The topological polar surface area (TPSA) is 59.6 Å². The molecule has 4 nitrogen and oxygen atoms in total. The Labute approximate surface area is 139 Å². The summed E-state index contributed by atoms with van der Waals surface area (Å²) in [4.78, 5) is 4.24. The molecule has 1 atom stereocenters. The Balaban J connectivity index is 0.00000361. The predicted molar refractivity (Wildman–Crippen MR) is 96.0 cm³/mol. The maximum atomic E-state index is 5.77. The largest absolute Gasteiger partial charge is 0.489 e. The summed E-state index contributed by atoms with van der Waals surface area (Å²) in [6.07, 6.45) is 0.0375. The minimum absolute atomic E-state index is 0. The lowest BCUT2D eigenvalue weighted by atomic mass is 10.2. The van der Waals surface area contributed by atoms with Crippen molar-refractivity contribution in [1.29, 1.82) is 0 Å². The third kappa shape index (κ3) is 8.24. The Bertz CT molecular complexity index is 404. The predicted octanol–water partition coefficient (Wildman–Crippen LogP) is 2.94. The normalized spacial score (nSPS) is 12.8. The molecule has 0 aromatic heterocycles. The Hall–Kier alpha value is -0.980. The monoisotopic (exact) mass is 391 g/mol. The molecular weight excluding hydrogens is 365 g/mol. The van der Waals surface area contributed by atoms with E-state index in [1.807, 2.05) is 31.2 Å². The lowest BCUT2D eigenvalue weighted by Crippen LogP contribution is -2.38. The molecule has 0 aliphatic rings. The van der Waals surface area contributed by atoms with Crippen LogP contribution in [0.1, 0.15) is 26.3 Å². The van der Waals surface area contributed by atoms with Gasteiger partial charge in [-0.05, 0) is 31.9 Å². The summed E-state index contributed by atoms with van der Waals surface area (Å²) in [5, 5.41) is 3.07. The Morgan fingerprint density at radius 2 is 1.85 bits per heavy atom. The second-order valence-corrected chi connectivity index (χ2v) is 5.24. The number of halogens is 1. The van der Waals surface area contributed by atoms with E-state index in [1.54, 1.807) is 0 Å². The average Bonchev–Trinajstić information content (AvgIpc) is 2.36. The zero-order chi connectivity index (χ0) is 14.3. The smallest absolute Gasteiger partial charge is 0.188 e. The van der Waals surface area contributed by atoms with Gasteiger partial charge < -0.3 is 15.8 Å². The van der Waals surface area contributed by atoms with E-state index in [9.17, 15) is 0 Å². The van der Waals surface area contributed by atoms with Gasteiger partial charge in [-0.2, -0.15) is 0 Å². The zero-order valence-electron chi connectivity index (χ0n) is 12.7. The van der Waals surface area contributed by atoms with Gasteiger partial charge in [0.25, 0.3) is 0 Å². The minimum Gasteiger partial charge on any atom is -0.489 e. The van der Waals surface area contributed by atoms with Crippen molar-refractivity contribution in [3.05, 3.63) is 29.8 Å². The fourth-order valence-corrected chi connectivity index (χ4v) is 1.48. The molecule has 0 aliphatic carbocycles. The molecule has 0 bridgehead atoms. The van der Waals surface area contributed by atoms with Crippen molar-refractivity contribution in [2.24, 2.45) is 16.6 Å². The van der Waals surface area contributed by atoms with Gasteiger partial charge in [0.05, 0.1) is 6.54 Å². The Morgan fingerprint density at radius 3 is 2.40 bits per heavy atom. The first-order valence-corrected chi connectivity index (χ1v) is 6.74. The first-order chi connectivity index (χ1) is 8.97. The molecule has 1 rings (SSSR count). The molecule has 0 heterocycles. The third-order valence-corrected chi connectivity index (χ3v) is 2.56. The van der Waals surface area contributed by atoms with E-state index in [2.05, 4.69) is 31.1 Å². The van der Waals surface area contributed by atoms with Crippen molar-refractivity contribution in [2.45, 2.75) is 33.8 Å². The molecule has 0 saturated heterocycles. The SMILES string of the molecule is Cc1ccc(OC(C)CNC(N)=NCC(C)C)cc1.I. The van der Waals surface area contributed by atoms with Crippen LogP contribution in [0.5, 0.6) is 5.75 Å². The maximum absolute atomic E-state index is 5.77. The lowest BCUT2D eigenvalue weighted by molar-refractivity contribution is 0.224. The van der Waals surface area contributed by atoms with Gasteiger partial charge in [-0.15, -0.1) is 24.0 Å². The van der Waals surface area contributed by atoms with Crippen LogP contribution in [-0.4, -0.2) is 25.2 Å². The summed E-state index contributed by atoms with van der Waals surface area (Å²) in [5.74, 6) is 1.87. The van der Waals surface area contributed by atoms with E-state index in [-0.39, 0.29) is 30.1 Å². The molecule has 0 saturated carbocycles. The molecule has 0 aliphatic heterocycles. The molecule has 0 amide bonds. The van der Waals surface area contributed by atoms with Crippen molar-refractivity contribution in [2.75, 3.05) is 13.1 Å². The van der Waals surface area contributed by atoms with Gasteiger partial charge in [-0.1, -0.05) is 31.5 Å². The molecule has 3 N–H and O–H groups in total. The quantitative estimate of drug-likeness (QED) is 0.445. The van der Waals surface area contributed by atoms with E-state index in [0.29, 0.717) is 18.4 Å². The van der Waals surface area contributed by atoms with Crippen LogP contribution >= 0.6 is 24.0 Å². The first-order valence-electron chi connectivity index (χ1n) is 6.74. The third-order valence-electron chi connectivity index (χ3n) is 2.56. The van der Waals surface area contributed by atoms with Gasteiger partial charge in [0.2, 0.25) is 0 Å². The number of benzene rings is 1. The number of rotatable bonds is 6. The number of guanidine groups is 1. The zero-order valence-corrected chi connectivity index (χ0v) is 15.0. The van der Waals surface area contributed by atoms with Crippen molar-refractivity contribution < 1.29 is 4.74 Å². The Kier molecular flexibility index (Phi) is 9.37. The molecule has 0 fully saturated rings. The molecule has 20 heavy (non-hydrogen) atoms. The van der Waals surface area contributed by atoms with Crippen molar-refractivity contribution in [3.63, 3.8) is 0 Å². The van der Waals surface area contributed by atoms with Gasteiger partial charge in [-0.3, -0.25) is 4.99 Å². The van der Waals surface area contributed by atoms with Crippen LogP contribution in [0.3, 0.4) is 0 Å². The van der Waals surface area contributed by atoms with Gasteiger partial charge in [0, 0.05) is 6.54 Å². The van der Waals surface area contributed by atoms with Crippen LogP contribution in [0, 0.1) is 12.8 Å². The number of hydrogen-bond donors (Lipinski definition) is 2. The summed E-state index contributed by atoms with van der Waals surface area (Å²) < 4.78 is 5.77. The summed E-state index contributed by atoms with van der Waals surface area (Å²) in [5.41, 5.74) is 6.99. The van der Waals surface area contributed by atoms with E-state index >= 15 is 0 Å². The number of aliphatic imine (C=N–C) groups is 1. The number of ether oxygens (including phenoxy) is 1. The maximum Gasteiger partial charge on any atom is 0.188 e. The molecule has 1 aromatic rings. The van der Waals surface area contributed by atoms with E-state index in [1.165, 1.54) is 5.56 Å². The van der Waals surface area contributed by atoms with E-state index in [0.717, 1.165) is 12.3 Å². The standard InChI is InChI=1S/C15H25N3O.HI/c1-11(2)9-17-15(16)18-10-13(4)19-14-7-5-12(3)6-8-14;/h5-8,11,13H,9-10H2,1-4H3,(H3,16,17,18);1H. The van der Waals surface area contributed by atoms with E-state index in [4.69, 9.17) is 10.5 Å². The van der Waals surface area contributed by atoms with Crippen LogP contribution in [0.2, 0.25) is 0 Å². The summed E-state index contributed by atoms with van der Waals surface area (Å²) >= 11 is 0. The van der Waals surface area contributed by atoms with Crippen LogP contribution in [0.4, 0.5) is 0 Å². The van der Waals surface area contributed by atoms with Crippen LogP contribution < -0.4 is 15.8 Å². The second kappa shape index (κ2) is 9.85. The number of nitrogens with one attached hydrogen (secondary N) is 1. The summed E-state index contributed by atoms with van der Waals surface area (Å²) in [6.45, 7) is 9.66. The van der Waals surface area contributed by atoms with E-state index < -0.39 is 0 Å². The van der Waals surface area contributed by atoms with Crippen LogP contribution in [0.15, 0.2) is 29.3 Å². The number of hydrogen-bond acceptors (Lipinski definition) is 2. The van der Waals surface area contributed by atoms with Gasteiger partial charge in [0.15, 0.2) is 5.96 Å². The first kappa shape index (κ1) is 19.0. The molecule has 5 heteroatoms. The van der Waals surface area contributed by atoms with Crippen LogP contribution in [0.25, 0.3) is 0 Å². The average molecular weight is 391 g/mol. The number of aryl methyl sites for hydroxylation is 1. The van der Waals surface area contributed by atoms with Crippen molar-refractivity contribution >= 4 is 29.9 Å². The van der Waals surface area contributed by atoms with Crippen LogP contribution in [-0.2, 0) is 0 Å². The Morgan fingerprint density at radius 1 is 1.25 bits per heavy atom. The fourth-order valence-electron chi connectivity index (χ4n) is 1.48. The molecule has 0 radical (unpaired) electrons. The summed E-state index contributed by atoms with van der Waals surface area (Å²) in [7, 11) is 0. The van der Waals surface area contributed by atoms with Gasteiger partial charge in [0.1, 0.15) is 11.9 Å². The highest BCUT2D eigenvalue weighted by Crippen LogP contribution is 2.12. The fraction of sp³-hybridized carbons (Fsp3) is 0.533. The molecular formula is C15H26IN3O. The summed E-state index contributed by atoms with van der Waals surface area (Å²) in [6, 6.07) is 8.02. The van der Waals surface area contributed by atoms with Gasteiger partial charge in [-0.25, -0.2) is 0 Å². The van der Waals surface area contributed by atoms with Crippen molar-refractivity contribution in [3.8, 4) is 5.75 Å². The molecule has 1 aromatic carbocycles. The highest BCUT2D eigenvalue weighted by Gasteiger charge is 2.04. The second-order valence-electron chi connectivity index (χ2n) is 5.24. The van der Waals surface area contributed by atoms with Gasteiger partial charge >= 0.3 is 0 Å². The van der Waals surface area contributed by atoms with Crippen molar-refractivity contribution in [1.82, 2.24) is 5.32 Å². The highest BCUT2D eigenvalue weighted by molar-refractivity contribution is 14.0. The number of nitrogens with two attached hydrogens (primary N) is 1. The number of nitrogens with zero attached hydrogens (tertiary/aromatic N) is 1. The molecule has 1 unspecified atom stereocenters.